The van der Waals surface area contributed by atoms with E-state index in [0.717, 1.165) is 36.6 Å². The van der Waals surface area contributed by atoms with Crippen molar-refractivity contribution in [2.75, 3.05) is 19.6 Å². The molecule has 1 fully saturated rings. The highest BCUT2D eigenvalue weighted by Crippen LogP contribution is 2.19. The third-order valence-electron chi connectivity index (χ3n) is 5.26. The average Bonchev–Trinajstić information content (AvgIpc) is 3.27. The topological polar surface area (TPSA) is 92.7 Å². The second-order valence-corrected chi connectivity index (χ2v) is 8.14. The fourth-order valence-corrected chi connectivity index (χ4v) is 4.42. The van der Waals surface area contributed by atoms with E-state index < -0.39 is 0 Å². The molecular formula is C19H23N5O3S. The van der Waals surface area contributed by atoms with Crippen molar-refractivity contribution in [3.8, 4) is 0 Å². The maximum absolute atomic E-state index is 12.4. The minimum absolute atomic E-state index is 0.0295. The summed E-state index contributed by atoms with van der Waals surface area (Å²) in [6.07, 6.45) is 3.76. The molecule has 0 aromatic carbocycles. The van der Waals surface area contributed by atoms with Gasteiger partial charge < -0.3 is 9.84 Å². The fourth-order valence-electron chi connectivity index (χ4n) is 3.68. The van der Waals surface area contributed by atoms with E-state index in [1.165, 1.54) is 11.3 Å². The van der Waals surface area contributed by atoms with Crippen LogP contribution in [0.3, 0.4) is 0 Å². The Morgan fingerprint density at radius 3 is 2.86 bits per heavy atom. The second kappa shape index (κ2) is 7.84. The largest absolute Gasteiger partial charge is 0.361 e. The molecule has 0 spiro atoms. The van der Waals surface area contributed by atoms with Gasteiger partial charge in [0, 0.05) is 30.7 Å². The van der Waals surface area contributed by atoms with Gasteiger partial charge in [0.05, 0.1) is 11.4 Å². The van der Waals surface area contributed by atoms with Crippen LogP contribution < -0.4 is 10.9 Å². The third-order valence-corrected chi connectivity index (χ3v) is 6.02. The Hall–Kier alpha value is -2.52. The summed E-state index contributed by atoms with van der Waals surface area (Å²) in [7, 11) is 0. The Labute approximate surface area is 166 Å². The van der Waals surface area contributed by atoms with Crippen LogP contribution in [0.4, 0.5) is 0 Å². The molecule has 1 amide bonds. The number of hydrogen-bond donors (Lipinski definition) is 1. The molecule has 4 heterocycles. The maximum Gasteiger partial charge on any atom is 0.258 e. The van der Waals surface area contributed by atoms with Gasteiger partial charge in [-0.25, -0.2) is 4.98 Å². The molecule has 1 aliphatic rings. The van der Waals surface area contributed by atoms with Crippen LogP contribution in [-0.4, -0.2) is 45.0 Å². The Morgan fingerprint density at radius 2 is 2.14 bits per heavy atom. The van der Waals surface area contributed by atoms with E-state index in [1.807, 2.05) is 5.38 Å². The van der Waals surface area contributed by atoms with E-state index in [9.17, 15) is 9.59 Å². The summed E-state index contributed by atoms with van der Waals surface area (Å²) in [6, 6.07) is 1.62. The molecule has 9 heteroatoms. The molecule has 1 saturated heterocycles. The molecule has 3 aromatic heterocycles. The number of thiazole rings is 1. The second-order valence-electron chi connectivity index (χ2n) is 7.27. The van der Waals surface area contributed by atoms with Gasteiger partial charge in [0.2, 0.25) is 0 Å². The first kappa shape index (κ1) is 18.8. The standard InChI is InChI=1S/C19H23N5O3S/c1-12-17(13(2)27-22-12)18(26)20-10-14-3-5-23(6-4-14)11-15-9-16(25)24-7-8-28-19(24)21-15/h7-9,14H,3-6,10-11H2,1-2H3,(H,20,26). The van der Waals surface area contributed by atoms with Crippen molar-refractivity contribution < 1.29 is 9.32 Å². The monoisotopic (exact) mass is 401 g/mol. The summed E-state index contributed by atoms with van der Waals surface area (Å²) < 4.78 is 6.63. The summed E-state index contributed by atoms with van der Waals surface area (Å²) in [4.78, 5) is 32.1. The lowest BCUT2D eigenvalue weighted by molar-refractivity contribution is 0.0933. The van der Waals surface area contributed by atoms with Crippen LogP contribution in [-0.2, 0) is 6.54 Å². The number of hydrogen-bond acceptors (Lipinski definition) is 7. The number of aromatic nitrogens is 3. The van der Waals surface area contributed by atoms with Crippen LogP contribution in [0, 0.1) is 19.8 Å². The van der Waals surface area contributed by atoms with Crippen molar-refractivity contribution in [2.24, 2.45) is 5.92 Å². The SMILES string of the molecule is Cc1noc(C)c1C(=O)NCC1CCN(Cc2cc(=O)n3ccsc3n2)CC1. The van der Waals surface area contributed by atoms with Crippen molar-refractivity contribution in [1.82, 2.24) is 24.8 Å². The molecule has 4 rings (SSSR count). The van der Waals surface area contributed by atoms with Crippen molar-refractivity contribution in [1.29, 1.82) is 0 Å². The highest BCUT2D eigenvalue weighted by Gasteiger charge is 2.22. The van der Waals surface area contributed by atoms with E-state index >= 15 is 0 Å². The average molecular weight is 401 g/mol. The molecule has 8 nitrogen and oxygen atoms in total. The summed E-state index contributed by atoms with van der Waals surface area (Å²) >= 11 is 1.47. The number of carbonyl (C=O) groups excluding carboxylic acids is 1. The molecular weight excluding hydrogens is 378 g/mol. The smallest absolute Gasteiger partial charge is 0.258 e. The quantitative estimate of drug-likeness (QED) is 0.703. The number of carbonyl (C=O) groups is 1. The molecule has 0 saturated carbocycles. The van der Waals surface area contributed by atoms with E-state index in [1.54, 1.807) is 30.5 Å². The van der Waals surface area contributed by atoms with Crippen molar-refractivity contribution in [3.63, 3.8) is 0 Å². The number of aryl methyl sites for hydroxylation is 2. The highest BCUT2D eigenvalue weighted by molar-refractivity contribution is 7.15. The lowest BCUT2D eigenvalue weighted by Gasteiger charge is -2.31. The zero-order valence-electron chi connectivity index (χ0n) is 16.0. The van der Waals surface area contributed by atoms with Gasteiger partial charge in [0.25, 0.3) is 11.5 Å². The summed E-state index contributed by atoms with van der Waals surface area (Å²) in [5, 5.41) is 8.72. The Balaban J connectivity index is 1.28. The van der Waals surface area contributed by atoms with Crippen molar-refractivity contribution >= 4 is 22.2 Å². The van der Waals surface area contributed by atoms with Gasteiger partial charge in [0.15, 0.2) is 4.96 Å². The van der Waals surface area contributed by atoms with E-state index in [4.69, 9.17) is 4.52 Å². The van der Waals surface area contributed by atoms with Crippen LogP contribution in [0.2, 0.25) is 0 Å². The lowest BCUT2D eigenvalue weighted by Crippen LogP contribution is -2.38. The molecule has 148 valence electrons. The van der Waals surface area contributed by atoms with E-state index in [0.29, 0.717) is 36.0 Å². The third kappa shape index (κ3) is 3.85. The van der Waals surface area contributed by atoms with Gasteiger partial charge in [-0.15, -0.1) is 11.3 Å². The molecule has 0 aliphatic carbocycles. The minimum atomic E-state index is -0.118. The first-order chi connectivity index (χ1) is 13.5. The summed E-state index contributed by atoms with van der Waals surface area (Å²) in [5.41, 5.74) is 1.95. The number of piperidine rings is 1. The first-order valence-electron chi connectivity index (χ1n) is 9.40. The lowest BCUT2D eigenvalue weighted by atomic mass is 9.96. The van der Waals surface area contributed by atoms with Crippen LogP contribution in [0.1, 0.15) is 40.3 Å². The molecule has 0 radical (unpaired) electrons. The molecule has 1 N–H and O–H groups in total. The van der Waals surface area contributed by atoms with E-state index in [-0.39, 0.29) is 11.5 Å². The van der Waals surface area contributed by atoms with Gasteiger partial charge in [-0.2, -0.15) is 0 Å². The Kier molecular flexibility index (Phi) is 5.27. The molecule has 1 aliphatic heterocycles. The molecule has 0 unspecified atom stereocenters. The van der Waals surface area contributed by atoms with Crippen LogP contribution >= 0.6 is 11.3 Å². The number of amides is 1. The number of likely N-dealkylation sites (tertiary alicyclic amines) is 1. The van der Waals surface area contributed by atoms with Crippen LogP contribution in [0.25, 0.3) is 4.96 Å². The Bertz CT molecular complexity index is 1030. The van der Waals surface area contributed by atoms with Crippen molar-refractivity contribution in [2.45, 2.75) is 33.2 Å². The first-order valence-corrected chi connectivity index (χ1v) is 10.3. The molecule has 0 atom stereocenters. The zero-order chi connectivity index (χ0) is 19.7. The van der Waals surface area contributed by atoms with Gasteiger partial charge in [0.1, 0.15) is 11.3 Å². The van der Waals surface area contributed by atoms with E-state index in [2.05, 4.69) is 20.4 Å². The molecule has 3 aromatic rings. The number of nitrogens with one attached hydrogen (secondary N) is 1. The fraction of sp³-hybridized carbons (Fsp3) is 0.474. The normalized spacial score (nSPS) is 15.9. The number of fused-ring (bicyclic) bond motifs is 1. The summed E-state index contributed by atoms with van der Waals surface area (Å²) in [5.74, 6) is 0.877. The van der Waals surface area contributed by atoms with Gasteiger partial charge in [-0.05, 0) is 45.7 Å². The van der Waals surface area contributed by atoms with Gasteiger partial charge in [-0.1, -0.05) is 5.16 Å². The van der Waals surface area contributed by atoms with Crippen LogP contribution in [0.5, 0.6) is 0 Å². The van der Waals surface area contributed by atoms with Gasteiger partial charge >= 0.3 is 0 Å². The molecule has 28 heavy (non-hydrogen) atoms. The zero-order valence-corrected chi connectivity index (χ0v) is 16.8. The summed E-state index contributed by atoms with van der Waals surface area (Å²) in [6.45, 7) is 6.71. The predicted molar refractivity (Wildman–Crippen MR) is 106 cm³/mol. The van der Waals surface area contributed by atoms with Crippen LogP contribution in [0.15, 0.2) is 27.0 Å². The number of rotatable bonds is 5. The van der Waals surface area contributed by atoms with Crippen molar-refractivity contribution in [3.05, 3.63) is 50.7 Å². The predicted octanol–water partition coefficient (Wildman–Crippen LogP) is 2.00. The highest BCUT2D eigenvalue weighted by atomic mass is 32.1. The molecule has 0 bridgehead atoms. The number of nitrogens with zero attached hydrogens (tertiary/aromatic N) is 4. The van der Waals surface area contributed by atoms with Gasteiger partial charge in [-0.3, -0.25) is 18.9 Å². The Morgan fingerprint density at radius 1 is 1.36 bits per heavy atom. The maximum atomic E-state index is 12.4. The minimum Gasteiger partial charge on any atom is -0.361 e.